The summed E-state index contributed by atoms with van der Waals surface area (Å²) in [4.78, 5) is 18.5. The lowest BCUT2D eigenvalue weighted by atomic mass is 10.0. The molecule has 0 spiro atoms. The van der Waals surface area contributed by atoms with Crippen LogP contribution in [0.3, 0.4) is 0 Å². The van der Waals surface area contributed by atoms with Crippen molar-refractivity contribution in [1.82, 2.24) is 10.3 Å². The lowest BCUT2D eigenvalue weighted by Crippen LogP contribution is -2.44. The fraction of sp³-hybridized carbons (Fsp3) is 0.333. The molecule has 1 aliphatic rings. The number of nitrogens with one attached hydrogen (secondary N) is 1. The van der Waals surface area contributed by atoms with E-state index < -0.39 is 0 Å². The molecule has 5 heteroatoms. The minimum absolute atomic E-state index is 0.0474. The van der Waals surface area contributed by atoms with E-state index >= 15 is 0 Å². The maximum atomic E-state index is 12.2. The highest BCUT2D eigenvalue weighted by molar-refractivity contribution is 5.94. The van der Waals surface area contributed by atoms with Gasteiger partial charge < -0.3 is 15.0 Å². The molecule has 3 rings (SSSR count). The highest BCUT2D eigenvalue weighted by Gasteiger charge is 2.22. The topological polar surface area (TPSA) is 54.5 Å². The average Bonchev–Trinajstić information content (AvgIpc) is 2.63. The van der Waals surface area contributed by atoms with Crippen molar-refractivity contribution in [2.45, 2.75) is 18.9 Å². The predicted molar refractivity (Wildman–Crippen MR) is 89.9 cm³/mol. The van der Waals surface area contributed by atoms with Crippen LogP contribution in [0, 0.1) is 0 Å². The summed E-state index contributed by atoms with van der Waals surface area (Å²) in [5, 5.41) is 3.10. The Balaban J connectivity index is 1.57. The molecule has 1 aromatic heterocycles. The number of methoxy groups -OCH3 is 1. The second-order valence-corrected chi connectivity index (χ2v) is 5.65. The Morgan fingerprint density at radius 3 is 2.70 bits per heavy atom. The van der Waals surface area contributed by atoms with Gasteiger partial charge >= 0.3 is 0 Å². The van der Waals surface area contributed by atoms with Gasteiger partial charge in [-0.25, -0.2) is 0 Å². The number of hydrogen-bond acceptors (Lipinski definition) is 4. The lowest BCUT2D eigenvalue weighted by molar-refractivity contribution is 0.0930. The molecule has 1 aromatic carbocycles. The number of hydrogen-bond donors (Lipinski definition) is 1. The largest absolute Gasteiger partial charge is 0.495 e. The summed E-state index contributed by atoms with van der Waals surface area (Å²) < 4.78 is 5.43. The summed E-state index contributed by atoms with van der Waals surface area (Å²) in [7, 11) is 1.69. The van der Waals surface area contributed by atoms with Crippen molar-refractivity contribution in [1.29, 1.82) is 0 Å². The SMILES string of the molecule is COc1ccccc1N1CCC(NC(=O)c2cccnc2)CC1. The molecule has 0 atom stereocenters. The maximum absolute atomic E-state index is 12.2. The number of piperidine rings is 1. The van der Waals surface area contributed by atoms with Crippen LogP contribution in [-0.2, 0) is 0 Å². The van der Waals surface area contributed by atoms with Crippen molar-refractivity contribution in [3.05, 3.63) is 54.4 Å². The molecule has 2 aromatic rings. The number of ether oxygens (including phenoxy) is 1. The van der Waals surface area contributed by atoms with Crippen molar-refractivity contribution in [3.63, 3.8) is 0 Å². The molecule has 0 saturated carbocycles. The molecule has 0 radical (unpaired) electrons. The summed E-state index contributed by atoms with van der Waals surface area (Å²) in [5.74, 6) is 0.846. The zero-order chi connectivity index (χ0) is 16.1. The number of benzene rings is 1. The number of anilines is 1. The van der Waals surface area contributed by atoms with E-state index in [-0.39, 0.29) is 11.9 Å². The Morgan fingerprint density at radius 1 is 1.22 bits per heavy atom. The second kappa shape index (κ2) is 7.13. The minimum Gasteiger partial charge on any atom is -0.495 e. The Hall–Kier alpha value is -2.56. The molecule has 5 nitrogen and oxygen atoms in total. The minimum atomic E-state index is -0.0474. The van der Waals surface area contributed by atoms with Gasteiger partial charge in [0, 0.05) is 31.5 Å². The molecular formula is C18H21N3O2. The van der Waals surface area contributed by atoms with Crippen molar-refractivity contribution in [2.75, 3.05) is 25.1 Å². The van der Waals surface area contributed by atoms with Crippen LogP contribution in [0.5, 0.6) is 5.75 Å². The standard InChI is InChI=1S/C18H21N3O2/c1-23-17-7-3-2-6-16(17)21-11-8-15(9-12-21)20-18(22)14-5-4-10-19-13-14/h2-7,10,13,15H,8-9,11-12H2,1H3,(H,20,22). The van der Waals surface area contributed by atoms with E-state index in [2.05, 4.69) is 21.3 Å². The molecule has 1 fully saturated rings. The summed E-state index contributed by atoms with van der Waals surface area (Å²) in [5.41, 5.74) is 1.73. The number of para-hydroxylation sites is 2. The van der Waals surface area contributed by atoms with E-state index in [9.17, 15) is 4.79 Å². The Morgan fingerprint density at radius 2 is 2.00 bits per heavy atom. The number of carbonyl (C=O) groups is 1. The van der Waals surface area contributed by atoms with Crippen molar-refractivity contribution < 1.29 is 9.53 Å². The van der Waals surface area contributed by atoms with Crippen molar-refractivity contribution in [2.24, 2.45) is 0 Å². The molecule has 1 N–H and O–H groups in total. The fourth-order valence-electron chi connectivity index (χ4n) is 2.92. The van der Waals surface area contributed by atoms with Crippen molar-refractivity contribution >= 4 is 11.6 Å². The van der Waals surface area contributed by atoms with E-state index in [4.69, 9.17) is 4.74 Å². The zero-order valence-electron chi connectivity index (χ0n) is 13.2. The predicted octanol–water partition coefficient (Wildman–Crippen LogP) is 2.49. The number of aromatic nitrogens is 1. The van der Waals surface area contributed by atoms with Crippen LogP contribution in [0.2, 0.25) is 0 Å². The molecule has 120 valence electrons. The third-order valence-electron chi connectivity index (χ3n) is 4.18. The number of pyridine rings is 1. The molecule has 1 amide bonds. The molecule has 0 unspecified atom stereocenters. The number of nitrogens with zero attached hydrogens (tertiary/aromatic N) is 2. The monoisotopic (exact) mass is 311 g/mol. The van der Waals surface area contributed by atoms with Crippen LogP contribution in [0.25, 0.3) is 0 Å². The van der Waals surface area contributed by atoms with Gasteiger partial charge in [-0.2, -0.15) is 0 Å². The van der Waals surface area contributed by atoms with Crippen LogP contribution in [0.15, 0.2) is 48.8 Å². The van der Waals surface area contributed by atoms with Gasteiger partial charge in [-0.1, -0.05) is 12.1 Å². The number of rotatable bonds is 4. The van der Waals surface area contributed by atoms with Gasteiger partial charge in [0.15, 0.2) is 0 Å². The van der Waals surface area contributed by atoms with Gasteiger partial charge in [-0.15, -0.1) is 0 Å². The third-order valence-corrected chi connectivity index (χ3v) is 4.18. The Labute approximate surface area is 136 Å². The summed E-state index contributed by atoms with van der Waals surface area (Å²) in [6.45, 7) is 1.80. The molecule has 0 aliphatic carbocycles. The first-order valence-electron chi connectivity index (χ1n) is 7.87. The van der Waals surface area contributed by atoms with Crippen LogP contribution >= 0.6 is 0 Å². The average molecular weight is 311 g/mol. The normalized spacial score (nSPS) is 15.3. The van der Waals surface area contributed by atoms with Crippen LogP contribution < -0.4 is 15.0 Å². The first kappa shape index (κ1) is 15.3. The first-order chi connectivity index (χ1) is 11.3. The Bertz CT molecular complexity index is 652. The van der Waals surface area contributed by atoms with Gasteiger partial charge in [0.05, 0.1) is 18.4 Å². The van der Waals surface area contributed by atoms with Crippen LogP contribution in [-0.4, -0.2) is 37.1 Å². The number of amides is 1. The van der Waals surface area contributed by atoms with Crippen LogP contribution in [0.4, 0.5) is 5.69 Å². The quantitative estimate of drug-likeness (QED) is 0.942. The molecule has 2 heterocycles. The smallest absolute Gasteiger partial charge is 0.253 e. The summed E-state index contributed by atoms with van der Waals surface area (Å²) in [6.07, 6.45) is 5.11. The van der Waals surface area contributed by atoms with E-state index in [0.717, 1.165) is 37.4 Å². The van der Waals surface area contributed by atoms with Crippen LogP contribution in [0.1, 0.15) is 23.2 Å². The summed E-state index contributed by atoms with van der Waals surface area (Å²) in [6, 6.07) is 11.8. The number of carbonyl (C=O) groups excluding carboxylic acids is 1. The zero-order valence-corrected chi connectivity index (χ0v) is 13.2. The fourth-order valence-corrected chi connectivity index (χ4v) is 2.92. The molecular weight excluding hydrogens is 290 g/mol. The van der Waals surface area contributed by atoms with Gasteiger partial charge in [-0.3, -0.25) is 9.78 Å². The van der Waals surface area contributed by atoms with E-state index in [1.54, 1.807) is 31.6 Å². The maximum Gasteiger partial charge on any atom is 0.253 e. The molecule has 0 bridgehead atoms. The first-order valence-corrected chi connectivity index (χ1v) is 7.87. The highest BCUT2D eigenvalue weighted by Crippen LogP contribution is 2.29. The van der Waals surface area contributed by atoms with Gasteiger partial charge in [0.1, 0.15) is 5.75 Å². The molecule has 1 saturated heterocycles. The third kappa shape index (κ3) is 3.62. The van der Waals surface area contributed by atoms with E-state index in [0.29, 0.717) is 5.56 Å². The van der Waals surface area contributed by atoms with Gasteiger partial charge in [-0.05, 0) is 37.1 Å². The summed E-state index contributed by atoms with van der Waals surface area (Å²) >= 11 is 0. The van der Waals surface area contributed by atoms with E-state index in [1.807, 2.05) is 18.2 Å². The molecule has 23 heavy (non-hydrogen) atoms. The van der Waals surface area contributed by atoms with Gasteiger partial charge in [0.25, 0.3) is 5.91 Å². The van der Waals surface area contributed by atoms with Crippen molar-refractivity contribution in [3.8, 4) is 5.75 Å². The second-order valence-electron chi connectivity index (χ2n) is 5.65. The highest BCUT2D eigenvalue weighted by atomic mass is 16.5. The molecule has 1 aliphatic heterocycles. The Kier molecular flexibility index (Phi) is 4.76. The lowest BCUT2D eigenvalue weighted by Gasteiger charge is -2.34. The van der Waals surface area contributed by atoms with Gasteiger partial charge in [0.2, 0.25) is 0 Å². The van der Waals surface area contributed by atoms with E-state index in [1.165, 1.54) is 0 Å².